The molecule has 1 aliphatic rings. The monoisotopic (exact) mass is 248 g/mol. The first kappa shape index (κ1) is 13.1. The van der Waals surface area contributed by atoms with E-state index in [1.165, 1.54) is 11.1 Å². The Morgan fingerprint density at radius 3 is 3.11 bits per heavy atom. The Labute approximate surface area is 108 Å². The average Bonchev–Trinajstić information content (AvgIpc) is 2.42. The Morgan fingerprint density at radius 2 is 2.28 bits per heavy atom. The highest BCUT2D eigenvalue weighted by atomic mass is 16.5. The average molecular weight is 248 g/mol. The van der Waals surface area contributed by atoms with Crippen molar-refractivity contribution in [1.29, 1.82) is 0 Å². The van der Waals surface area contributed by atoms with Crippen molar-refractivity contribution in [3.63, 3.8) is 0 Å². The van der Waals surface area contributed by atoms with E-state index in [1.807, 2.05) is 19.1 Å². The van der Waals surface area contributed by atoms with Gasteiger partial charge in [-0.2, -0.15) is 0 Å². The zero-order chi connectivity index (χ0) is 12.8. The minimum atomic E-state index is 0.0416. The highest BCUT2D eigenvalue weighted by Crippen LogP contribution is 2.23. The first-order chi connectivity index (χ1) is 8.81. The lowest BCUT2D eigenvalue weighted by atomic mass is 9.99. The van der Waals surface area contributed by atoms with Crippen LogP contribution in [0.25, 0.3) is 0 Å². The summed E-state index contributed by atoms with van der Waals surface area (Å²) in [6.45, 7) is 4.40. The number of fused-ring (bicyclic) bond motifs is 1. The number of ether oxygens (including phenoxy) is 1. The maximum atomic E-state index is 11.5. The van der Waals surface area contributed by atoms with Crippen molar-refractivity contribution >= 4 is 5.91 Å². The molecule has 4 nitrogen and oxygen atoms in total. The number of amides is 1. The molecule has 0 saturated heterocycles. The lowest BCUT2D eigenvalue weighted by molar-refractivity contribution is -0.120. The Balaban J connectivity index is 1.89. The number of nitrogens with one attached hydrogen (secondary N) is 2. The van der Waals surface area contributed by atoms with Crippen LogP contribution in [0.2, 0.25) is 0 Å². The summed E-state index contributed by atoms with van der Waals surface area (Å²) in [5.41, 5.74) is 2.45. The Kier molecular flexibility index (Phi) is 4.73. The quantitative estimate of drug-likeness (QED) is 0.827. The SMILES string of the molecule is CCCNC(=O)CNC1COCc2ccccc21. The third-order valence-corrected chi connectivity index (χ3v) is 3.05. The Bertz CT molecular complexity index is 407. The largest absolute Gasteiger partial charge is 0.375 e. The molecule has 0 aliphatic carbocycles. The predicted molar refractivity (Wildman–Crippen MR) is 70.1 cm³/mol. The van der Waals surface area contributed by atoms with Crippen molar-refractivity contribution < 1.29 is 9.53 Å². The van der Waals surface area contributed by atoms with E-state index in [1.54, 1.807) is 0 Å². The fraction of sp³-hybridized carbons (Fsp3) is 0.500. The second-order valence-corrected chi connectivity index (χ2v) is 4.50. The lowest BCUT2D eigenvalue weighted by Crippen LogP contribution is -2.38. The normalized spacial score (nSPS) is 18.2. The molecule has 0 spiro atoms. The van der Waals surface area contributed by atoms with Gasteiger partial charge in [-0.15, -0.1) is 0 Å². The summed E-state index contributed by atoms with van der Waals surface area (Å²) >= 11 is 0. The minimum Gasteiger partial charge on any atom is -0.375 e. The van der Waals surface area contributed by atoms with Crippen LogP contribution in [0.15, 0.2) is 24.3 Å². The van der Waals surface area contributed by atoms with Crippen LogP contribution in [0.1, 0.15) is 30.5 Å². The zero-order valence-electron chi connectivity index (χ0n) is 10.7. The maximum absolute atomic E-state index is 11.5. The topological polar surface area (TPSA) is 50.4 Å². The second-order valence-electron chi connectivity index (χ2n) is 4.50. The summed E-state index contributed by atoms with van der Waals surface area (Å²) in [7, 11) is 0. The van der Waals surface area contributed by atoms with Gasteiger partial charge in [0.2, 0.25) is 5.91 Å². The number of benzene rings is 1. The smallest absolute Gasteiger partial charge is 0.233 e. The van der Waals surface area contributed by atoms with Gasteiger partial charge in [0.1, 0.15) is 0 Å². The van der Waals surface area contributed by atoms with Gasteiger partial charge >= 0.3 is 0 Å². The van der Waals surface area contributed by atoms with Gasteiger partial charge in [-0.3, -0.25) is 10.1 Å². The van der Waals surface area contributed by atoms with E-state index in [4.69, 9.17) is 4.74 Å². The number of carbonyl (C=O) groups is 1. The van der Waals surface area contributed by atoms with Crippen molar-refractivity contribution in [3.05, 3.63) is 35.4 Å². The zero-order valence-corrected chi connectivity index (χ0v) is 10.7. The van der Waals surface area contributed by atoms with Crippen LogP contribution in [-0.4, -0.2) is 25.6 Å². The molecular formula is C14H20N2O2. The van der Waals surface area contributed by atoms with Crippen molar-refractivity contribution in [3.8, 4) is 0 Å². The molecule has 0 saturated carbocycles. The third-order valence-electron chi connectivity index (χ3n) is 3.05. The predicted octanol–water partition coefficient (Wildman–Crippen LogP) is 1.37. The van der Waals surface area contributed by atoms with Gasteiger partial charge in [0.05, 0.1) is 25.8 Å². The molecule has 0 aromatic heterocycles. The fourth-order valence-corrected chi connectivity index (χ4v) is 2.09. The summed E-state index contributed by atoms with van der Waals surface area (Å²) in [4.78, 5) is 11.5. The molecule has 1 unspecified atom stereocenters. The molecule has 0 bridgehead atoms. The first-order valence-corrected chi connectivity index (χ1v) is 6.47. The number of rotatable bonds is 5. The molecule has 18 heavy (non-hydrogen) atoms. The second kappa shape index (κ2) is 6.52. The summed E-state index contributed by atoms with van der Waals surface area (Å²) in [5.74, 6) is 0.0416. The molecule has 0 radical (unpaired) electrons. The van der Waals surface area contributed by atoms with Crippen LogP contribution >= 0.6 is 0 Å². The van der Waals surface area contributed by atoms with Crippen LogP contribution in [0, 0.1) is 0 Å². The van der Waals surface area contributed by atoms with E-state index in [2.05, 4.69) is 22.8 Å². The van der Waals surface area contributed by atoms with E-state index < -0.39 is 0 Å². The van der Waals surface area contributed by atoms with Gasteiger partial charge in [-0.05, 0) is 17.5 Å². The molecule has 1 heterocycles. The van der Waals surface area contributed by atoms with Crippen LogP contribution in [0.3, 0.4) is 0 Å². The standard InChI is InChI=1S/C14H20N2O2/c1-2-7-15-14(17)8-16-13-10-18-9-11-5-3-4-6-12(11)13/h3-6,13,16H,2,7-10H2,1H3,(H,15,17). The van der Waals surface area contributed by atoms with E-state index in [-0.39, 0.29) is 11.9 Å². The van der Waals surface area contributed by atoms with Crippen LogP contribution in [0.4, 0.5) is 0 Å². The molecule has 0 fully saturated rings. The van der Waals surface area contributed by atoms with E-state index >= 15 is 0 Å². The molecule has 1 aromatic carbocycles. The summed E-state index contributed by atoms with van der Waals surface area (Å²) in [6, 6.07) is 8.32. The Morgan fingerprint density at radius 1 is 1.44 bits per heavy atom. The molecule has 98 valence electrons. The highest BCUT2D eigenvalue weighted by Gasteiger charge is 2.20. The molecule has 1 amide bonds. The molecule has 1 aliphatic heterocycles. The third kappa shape index (κ3) is 3.31. The van der Waals surface area contributed by atoms with Gasteiger partial charge in [0.25, 0.3) is 0 Å². The fourth-order valence-electron chi connectivity index (χ4n) is 2.09. The van der Waals surface area contributed by atoms with Gasteiger partial charge < -0.3 is 10.1 Å². The van der Waals surface area contributed by atoms with Crippen molar-refractivity contribution in [2.45, 2.75) is 26.0 Å². The Hall–Kier alpha value is -1.39. The van der Waals surface area contributed by atoms with Gasteiger partial charge in [-0.25, -0.2) is 0 Å². The summed E-state index contributed by atoms with van der Waals surface area (Å²) in [6.07, 6.45) is 0.959. The van der Waals surface area contributed by atoms with Crippen LogP contribution in [-0.2, 0) is 16.1 Å². The van der Waals surface area contributed by atoms with Crippen molar-refractivity contribution in [1.82, 2.24) is 10.6 Å². The molecular weight excluding hydrogens is 228 g/mol. The maximum Gasteiger partial charge on any atom is 0.233 e. The lowest BCUT2D eigenvalue weighted by Gasteiger charge is -2.26. The van der Waals surface area contributed by atoms with Gasteiger partial charge in [0.15, 0.2) is 0 Å². The van der Waals surface area contributed by atoms with Crippen LogP contribution in [0.5, 0.6) is 0 Å². The highest BCUT2D eigenvalue weighted by molar-refractivity contribution is 5.78. The van der Waals surface area contributed by atoms with Crippen molar-refractivity contribution in [2.24, 2.45) is 0 Å². The number of hydrogen-bond acceptors (Lipinski definition) is 3. The van der Waals surface area contributed by atoms with Crippen LogP contribution < -0.4 is 10.6 Å². The number of hydrogen-bond donors (Lipinski definition) is 2. The minimum absolute atomic E-state index is 0.0416. The molecule has 1 atom stereocenters. The molecule has 1 aromatic rings. The van der Waals surface area contributed by atoms with Gasteiger partial charge in [-0.1, -0.05) is 31.2 Å². The van der Waals surface area contributed by atoms with E-state index in [9.17, 15) is 4.79 Å². The number of carbonyl (C=O) groups excluding carboxylic acids is 1. The van der Waals surface area contributed by atoms with E-state index in [0.717, 1.165) is 13.0 Å². The molecule has 2 N–H and O–H groups in total. The molecule has 2 rings (SSSR count). The summed E-state index contributed by atoms with van der Waals surface area (Å²) < 4.78 is 5.53. The summed E-state index contributed by atoms with van der Waals surface area (Å²) in [5, 5.41) is 6.10. The molecule has 4 heteroatoms. The van der Waals surface area contributed by atoms with Crippen molar-refractivity contribution in [2.75, 3.05) is 19.7 Å². The first-order valence-electron chi connectivity index (χ1n) is 6.47. The van der Waals surface area contributed by atoms with E-state index in [0.29, 0.717) is 19.8 Å². The van der Waals surface area contributed by atoms with Gasteiger partial charge in [0, 0.05) is 6.54 Å².